The van der Waals surface area contributed by atoms with Crippen molar-refractivity contribution in [2.24, 2.45) is 0 Å². The summed E-state index contributed by atoms with van der Waals surface area (Å²) < 4.78 is 70.1. The minimum absolute atomic E-state index is 0.0484. The molecule has 1 aromatic rings. The Balaban J connectivity index is 2.61. The second-order valence-electron chi connectivity index (χ2n) is 7.24. The third kappa shape index (κ3) is 3.76. The Bertz CT molecular complexity index is 816. The number of aliphatic hydroxyl groups is 1. The standard InChI is InChI=1S/C18H23F3O4S/c1-5-6-17(22,18(19,20)21)11-16(3)7-8-25-14-9-12(2)15(10-13(14)16)26(4,23)24/h5,9-10,22H,1,6-8,11H2,2-4H3. The summed E-state index contributed by atoms with van der Waals surface area (Å²) in [7, 11) is -3.56. The molecule has 2 atom stereocenters. The Hall–Kier alpha value is -1.54. The first-order valence-corrected chi connectivity index (χ1v) is 10.0. The minimum atomic E-state index is -4.84. The Morgan fingerprint density at radius 2 is 2.00 bits per heavy atom. The Kier molecular flexibility index (Phi) is 5.24. The molecule has 0 saturated carbocycles. The fraction of sp³-hybridized carbons (Fsp3) is 0.556. The molecule has 146 valence electrons. The van der Waals surface area contributed by atoms with Crippen molar-refractivity contribution in [3.05, 3.63) is 35.9 Å². The smallest absolute Gasteiger partial charge is 0.417 e. The van der Waals surface area contributed by atoms with E-state index < -0.39 is 39.9 Å². The van der Waals surface area contributed by atoms with Crippen LogP contribution in [0.3, 0.4) is 0 Å². The maximum atomic E-state index is 13.5. The summed E-state index contributed by atoms with van der Waals surface area (Å²) in [6.07, 6.45) is -3.79. The van der Waals surface area contributed by atoms with Crippen LogP contribution in [0.2, 0.25) is 0 Å². The van der Waals surface area contributed by atoms with E-state index in [-0.39, 0.29) is 17.9 Å². The predicted molar refractivity (Wildman–Crippen MR) is 92.2 cm³/mol. The number of aryl methyl sites for hydroxylation is 1. The van der Waals surface area contributed by atoms with E-state index in [4.69, 9.17) is 4.74 Å². The average Bonchev–Trinajstić information content (AvgIpc) is 2.44. The van der Waals surface area contributed by atoms with Gasteiger partial charge in [0, 0.05) is 23.7 Å². The van der Waals surface area contributed by atoms with Crippen LogP contribution in [0, 0.1) is 6.92 Å². The van der Waals surface area contributed by atoms with E-state index in [1.807, 2.05) is 0 Å². The number of benzene rings is 1. The number of rotatable bonds is 5. The van der Waals surface area contributed by atoms with E-state index >= 15 is 0 Å². The fourth-order valence-electron chi connectivity index (χ4n) is 3.53. The predicted octanol–water partition coefficient (Wildman–Crippen LogP) is 3.70. The SMILES string of the molecule is C=CCC(O)(CC1(C)CCOc2cc(C)c(S(C)(=O)=O)cc21)C(F)(F)F. The fourth-order valence-corrected chi connectivity index (χ4v) is 4.50. The zero-order valence-electron chi connectivity index (χ0n) is 15.0. The van der Waals surface area contributed by atoms with Gasteiger partial charge in [-0.3, -0.25) is 0 Å². The van der Waals surface area contributed by atoms with Crippen molar-refractivity contribution in [1.29, 1.82) is 0 Å². The molecule has 0 bridgehead atoms. The summed E-state index contributed by atoms with van der Waals surface area (Å²) in [6, 6.07) is 2.91. The van der Waals surface area contributed by atoms with Gasteiger partial charge in [0.15, 0.2) is 15.4 Å². The zero-order chi connectivity index (χ0) is 20.0. The maximum absolute atomic E-state index is 13.5. The number of fused-ring (bicyclic) bond motifs is 1. The molecule has 0 aliphatic carbocycles. The van der Waals surface area contributed by atoms with Crippen LogP contribution in [0.5, 0.6) is 5.75 Å². The molecule has 0 saturated heterocycles. The highest BCUT2D eigenvalue weighted by Gasteiger charge is 2.56. The monoisotopic (exact) mass is 392 g/mol. The molecular weight excluding hydrogens is 369 g/mol. The molecule has 1 aliphatic rings. The minimum Gasteiger partial charge on any atom is -0.493 e. The summed E-state index contributed by atoms with van der Waals surface area (Å²) in [6.45, 7) is 6.70. The molecule has 2 rings (SSSR count). The summed E-state index contributed by atoms with van der Waals surface area (Å²) in [4.78, 5) is 0.0484. The first-order chi connectivity index (χ1) is 11.7. The first kappa shape index (κ1) is 20.8. The van der Waals surface area contributed by atoms with E-state index in [9.17, 15) is 26.7 Å². The lowest BCUT2D eigenvalue weighted by Gasteiger charge is -2.42. The highest BCUT2D eigenvalue weighted by molar-refractivity contribution is 7.90. The number of alkyl halides is 3. The van der Waals surface area contributed by atoms with Gasteiger partial charge in [0.1, 0.15) is 5.75 Å². The molecule has 0 radical (unpaired) electrons. The Morgan fingerprint density at radius 1 is 1.38 bits per heavy atom. The second kappa shape index (κ2) is 6.56. The molecule has 1 heterocycles. The summed E-state index contributed by atoms with van der Waals surface area (Å²) in [5.41, 5.74) is -3.23. The number of hydrogen-bond acceptors (Lipinski definition) is 4. The highest BCUT2D eigenvalue weighted by Crippen LogP contribution is 2.49. The number of halogens is 3. The van der Waals surface area contributed by atoms with E-state index in [1.165, 1.54) is 12.1 Å². The van der Waals surface area contributed by atoms with Crippen molar-refractivity contribution in [3.63, 3.8) is 0 Å². The topological polar surface area (TPSA) is 63.6 Å². The number of sulfone groups is 1. The molecule has 0 fully saturated rings. The van der Waals surface area contributed by atoms with Crippen LogP contribution < -0.4 is 4.74 Å². The average molecular weight is 392 g/mol. The molecule has 1 N–H and O–H groups in total. The molecule has 0 spiro atoms. The van der Waals surface area contributed by atoms with Crippen molar-refractivity contribution >= 4 is 9.84 Å². The lowest BCUT2D eigenvalue weighted by molar-refractivity contribution is -0.266. The molecule has 8 heteroatoms. The molecular formula is C18H23F3O4S. The molecule has 0 amide bonds. The summed E-state index contributed by atoms with van der Waals surface area (Å²) >= 11 is 0. The number of ether oxygens (including phenoxy) is 1. The quantitative estimate of drug-likeness (QED) is 0.776. The van der Waals surface area contributed by atoms with Crippen LogP contribution in [-0.4, -0.2) is 38.2 Å². The normalized spacial score (nSPS) is 22.9. The summed E-state index contributed by atoms with van der Waals surface area (Å²) in [5.74, 6) is 0.353. The van der Waals surface area contributed by atoms with Gasteiger partial charge in [-0.25, -0.2) is 8.42 Å². The van der Waals surface area contributed by atoms with Crippen LogP contribution >= 0.6 is 0 Å². The van der Waals surface area contributed by atoms with E-state index in [0.717, 1.165) is 12.3 Å². The van der Waals surface area contributed by atoms with Crippen LogP contribution in [-0.2, 0) is 15.3 Å². The molecule has 0 aromatic heterocycles. The van der Waals surface area contributed by atoms with Gasteiger partial charge in [-0.1, -0.05) is 13.0 Å². The van der Waals surface area contributed by atoms with Crippen molar-refractivity contribution in [3.8, 4) is 5.75 Å². The van der Waals surface area contributed by atoms with E-state index in [0.29, 0.717) is 16.9 Å². The Morgan fingerprint density at radius 3 is 2.50 bits per heavy atom. The van der Waals surface area contributed by atoms with Crippen LogP contribution in [0.15, 0.2) is 29.7 Å². The molecule has 1 aliphatic heterocycles. The molecule has 2 unspecified atom stereocenters. The van der Waals surface area contributed by atoms with Crippen LogP contribution in [0.4, 0.5) is 13.2 Å². The van der Waals surface area contributed by atoms with Crippen LogP contribution in [0.1, 0.15) is 37.3 Å². The highest BCUT2D eigenvalue weighted by atomic mass is 32.2. The van der Waals surface area contributed by atoms with Gasteiger partial charge in [0.2, 0.25) is 0 Å². The third-order valence-electron chi connectivity index (χ3n) is 4.93. The van der Waals surface area contributed by atoms with Gasteiger partial charge >= 0.3 is 6.18 Å². The zero-order valence-corrected chi connectivity index (χ0v) is 15.8. The van der Waals surface area contributed by atoms with Crippen LogP contribution in [0.25, 0.3) is 0 Å². The molecule has 26 heavy (non-hydrogen) atoms. The lowest BCUT2D eigenvalue weighted by atomic mass is 9.69. The van der Waals surface area contributed by atoms with Gasteiger partial charge < -0.3 is 9.84 Å². The van der Waals surface area contributed by atoms with Gasteiger partial charge in [0.25, 0.3) is 0 Å². The van der Waals surface area contributed by atoms with Gasteiger partial charge in [-0.2, -0.15) is 13.2 Å². The Labute approximate surface area is 151 Å². The van der Waals surface area contributed by atoms with E-state index in [1.54, 1.807) is 13.8 Å². The number of hydrogen-bond donors (Lipinski definition) is 1. The maximum Gasteiger partial charge on any atom is 0.417 e. The van der Waals surface area contributed by atoms with E-state index in [2.05, 4.69) is 6.58 Å². The largest absolute Gasteiger partial charge is 0.493 e. The second-order valence-corrected chi connectivity index (χ2v) is 9.23. The van der Waals surface area contributed by atoms with Gasteiger partial charge in [0.05, 0.1) is 11.5 Å². The molecule has 1 aromatic carbocycles. The molecule has 4 nitrogen and oxygen atoms in total. The van der Waals surface area contributed by atoms with Crippen molar-refractivity contribution < 1.29 is 31.4 Å². The van der Waals surface area contributed by atoms with Crippen molar-refractivity contribution in [2.75, 3.05) is 12.9 Å². The van der Waals surface area contributed by atoms with Crippen molar-refractivity contribution in [1.82, 2.24) is 0 Å². The van der Waals surface area contributed by atoms with Crippen molar-refractivity contribution in [2.45, 2.75) is 55.2 Å². The van der Waals surface area contributed by atoms with Gasteiger partial charge in [-0.15, -0.1) is 6.58 Å². The lowest BCUT2D eigenvalue weighted by Crippen LogP contribution is -2.50. The summed E-state index contributed by atoms with van der Waals surface area (Å²) in [5, 5.41) is 10.3. The first-order valence-electron chi connectivity index (χ1n) is 8.11. The third-order valence-corrected chi connectivity index (χ3v) is 6.17. The van der Waals surface area contributed by atoms with Gasteiger partial charge in [-0.05, 0) is 37.5 Å².